The molecule has 0 aliphatic rings. The van der Waals surface area contributed by atoms with Crippen molar-refractivity contribution in [3.05, 3.63) is 22.2 Å². The van der Waals surface area contributed by atoms with Gasteiger partial charge in [-0.2, -0.15) is 0 Å². The van der Waals surface area contributed by atoms with Gasteiger partial charge in [-0.15, -0.1) is 0 Å². The van der Waals surface area contributed by atoms with Crippen molar-refractivity contribution in [3.63, 3.8) is 0 Å². The van der Waals surface area contributed by atoms with E-state index in [-0.39, 0.29) is 12.0 Å². The van der Waals surface area contributed by atoms with Crippen LogP contribution in [0.2, 0.25) is 0 Å². The van der Waals surface area contributed by atoms with Crippen molar-refractivity contribution in [2.24, 2.45) is 0 Å². The molecule has 110 valence electrons. The fraction of sp³-hybridized carbons (Fsp3) is 0.385. The topological polar surface area (TPSA) is 84.9 Å². The first-order valence-corrected chi connectivity index (χ1v) is 6.69. The summed E-state index contributed by atoms with van der Waals surface area (Å²) in [4.78, 5) is 23.1. The first kappa shape index (κ1) is 16.3. The van der Waals surface area contributed by atoms with Crippen LogP contribution >= 0.6 is 15.9 Å². The summed E-state index contributed by atoms with van der Waals surface area (Å²) in [6.45, 7) is 1.68. The molecule has 20 heavy (non-hydrogen) atoms. The molecule has 1 atom stereocenters. The van der Waals surface area contributed by atoms with Gasteiger partial charge in [-0.05, 0) is 34.5 Å². The smallest absolute Gasteiger partial charge is 0.326 e. The Morgan fingerprint density at radius 1 is 1.35 bits per heavy atom. The lowest BCUT2D eigenvalue weighted by molar-refractivity contribution is -0.139. The van der Waals surface area contributed by atoms with Crippen LogP contribution in [-0.4, -0.2) is 37.2 Å². The number of methoxy groups -OCH3 is 2. The van der Waals surface area contributed by atoms with Crippen LogP contribution in [-0.2, 0) is 4.79 Å². The highest BCUT2D eigenvalue weighted by Crippen LogP contribution is 2.33. The zero-order valence-corrected chi connectivity index (χ0v) is 13.0. The van der Waals surface area contributed by atoms with Crippen molar-refractivity contribution in [1.29, 1.82) is 0 Å². The summed E-state index contributed by atoms with van der Waals surface area (Å²) in [6, 6.07) is 2.20. The van der Waals surface area contributed by atoms with Gasteiger partial charge in [0.1, 0.15) is 17.5 Å². The Labute approximate surface area is 125 Å². The first-order chi connectivity index (χ1) is 9.44. The van der Waals surface area contributed by atoms with Crippen LogP contribution in [0.3, 0.4) is 0 Å². The molecule has 2 N–H and O–H groups in total. The molecule has 1 amide bonds. The Balaban J connectivity index is 3.13. The standard InChI is InChI=1S/C13H16BrNO5/c1-4-10(13(17)18)15-12(16)8-5-7(19-2)6-9(14)11(8)20-3/h5-6,10H,4H2,1-3H3,(H,15,16)(H,17,18). The van der Waals surface area contributed by atoms with Crippen LogP contribution in [0.25, 0.3) is 0 Å². The van der Waals surface area contributed by atoms with Gasteiger partial charge >= 0.3 is 5.97 Å². The summed E-state index contributed by atoms with van der Waals surface area (Å²) in [7, 11) is 2.90. The highest BCUT2D eigenvalue weighted by Gasteiger charge is 2.22. The first-order valence-electron chi connectivity index (χ1n) is 5.89. The SMILES string of the molecule is CCC(NC(=O)c1cc(OC)cc(Br)c1OC)C(=O)O. The summed E-state index contributed by atoms with van der Waals surface area (Å²) in [5, 5.41) is 11.4. The van der Waals surface area contributed by atoms with Crippen molar-refractivity contribution >= 4 is 27.8 Å². The molecule has 0 saturated heterocycles. The Morgan fingerprint density at radius 3 is 2.45 bits per heavy atom. The molecule has 0 heterocycles. The second kappa shape index (κ2) is 7.14. The highest BCUT2D eigenvalue weighted by atomic mass is 79.9. The largest absolute Gasteiger partial charge is 0.497 e. The molecule has 1 aromatic rings. The number of rotatable bonds is 6. The normalized spacial score (nSPS) is 11.6. The van der Waals surface area contributed by atoms with E-state index in [0.717, 1.165) is 0 Å². The van der Waals surface area contributed by atoms with E-state index in [0.29, 0.717) is 16.0 Å². The molecule has 0 saturated carbocycles. The minimum Gasteiger partial charge on any atom is -0.497 e. The summed E-state index contributed by atoms with van der Waals surface area (Å²) >= 11 is 3.28. The maximum absolute atomic E-state index is 12.2. The maximum atomic E-state index is 12.2. The molecule has 0 spiro atoms. The number of carbonyl (C=O) groups is 2. The fourth-order valence-electron chi connectivity index (χ4n) is 1.64. The van der Waals surface area contributed by atoms with Gasteiger partial charge in [-0.25, -0.2) is 4.79 Å². The van der Waals surface area contributed by atoms with Gasteiger partial charge in [0.2, 0.25) is 0 Å². The number of hydrogen-bond donors (Lipinski definition) is 2. The Hall–Kier alpha value is -1.76. The van der Waals surface area contributed by atoms with Gasteiger partial charge in [0, 0.05) is 0 Å². The van der Waals surface area contributed by atoms with Crippen LogP contribution in [0.15, 0.2) is 16.6 Å². The number of carboxylic acids is 1. The predicted molar refractivity (Wildman–Crippen MR) is 76.4 cm³/mol. The van der Waals surface area contributed by atoms with Gasteiger partial charge in [-0.3, -0.25) is 4.79 Å². The van der Waals surface area contributed by atoms with Gasteiger partial charge in [0.05, 0.1) is 24.3 Å². The summed E-state index contributed by atoms with van der Waals surface area (Å²) in [6.07, 6.45) is 0.286. The maximum Gasteiger partial charge on any atom is 0.326 e. The summed E-state index contributed by atoms with van der Waals surface area (Å²) in [5.74, 6) is -0.827. The number of halogens is 1. The average molecular weight is 346 g/mol. The number of aliphatic carboxylic acids is 1. The molecular weight excluding hydrogens is 330 g/mol. The third-order valence-corrected chi connectivity index (χ3v) is 3.30. The van der Waals surface area contributed by atoms with Crippen molar-refractivity contribution in [2.75, 3.05) is 14.2 Å². The van der Waals surface area contributed by atoms with E-state index in [2.05, 4.69) is 21.2 Å². The zero-order valence-electron chi connectivity index (χ0n) is 11.4. The van der Waals surface area contributed by atoms with E-state index in [4.69, 9.17) is 14.6 Å². The number of nitrogens with one attached hydrogen (secondary N) is 1. The number of hydrogen-bond acceptors (Lipinski definition) is 4. The lowest BCUT2D eigenvalue weighted by Gasteiger charge is -2.15. The molecule has 0 aromatic heterocycles. The third-order valence-electron chi connectivity index (χ3n) is 2.71. The number of amides is 1. The molecular formula is C13H16BrNO5. The van der Waals surface area contributed by atoms with Crippen molar-refractivity contribution < 1.29 is 24.2 Å². The van der Waals surface area contributed by atoms with Crippen LogP contribution in [0.1, 0.15) is 23.7 Å². The molecule has 0 bridgehead atoms. The van der Waals surface area contributed by atoms with Crippen molar-refractivity contribution in [3.8, 4) is 11.5 Å². The number of benzene rings is 1. The minimum absolute atomic E-state index is 0.207. The van der Waals surface area contributed by atoms with Crippen LogP contribution in [0, 0.1) is 0 Å². The van der Waals surface area contributed by atoms with E-state index in [9.17, 15) is 9.59 Å². The fourth-order valence-corrected chi connectivity index (χ4v) is 2.24. The Morgan fingerprint density at radius 2 is 2.00 bits per heavy atom. The quantitative estimate of drug-likeness (QED) is 0.824. The number of ether oxygens (including phenoxy) is 2. The van der Waals surface area contributed by atoms with Gasteiger partial charge in [0.25, 0.3) is 5.91 Å². The monoisotopic (exact) mass is 345 g/mol. The van der Waals surface area contributed by atoms with Crippen LogP contribution in [0.4, 0.5) is 0 Å². The molecule has 1 unspecified atom stereocenters. The van der Waals surface area contributed by atoms with Gasteiger partial charge < -0.3 is 19.9 Å². The molecule has 0 fully saturated rings. The Bertz CT molecular complexity index is 518. The third kappa shape index (κ3) is 3.63. The second-order valence-electron chi connectivity index (χ2n) is 3.96. The second-order valence-corrected chi connectivity index (χ2v) is 4.82. The van der Waals surface area contributed by atoms with E-state index in [1.54, 1.807) is 13.0 Å². The zero-order chi connectivity index (χ0) is 15.3. The molecule has 1 rings (SSSR count). The average Bonchev–Trinajstić information content (AvgIpc) is 2.42. The molecule has 7 heteroatoms. The molecule has 6 nitrogen and oxygen atoms in total. The van der Waals surface area contributed by atoms with Crippen LogP contribution in [0.5, 0.6) is 11.5 Å². The number of carbonyl (C=O) groups excluding carboxylic acids is 1. The predicted octanol–water partition coefficient (Wildman–Crippen LogP) is 2.06. The summed E-state index contributed by atoms with van der Waals surface area (Å²) in [5.41, 5.74) is 0.207. The van der Waals surface area contributed by atoms with Gasteiger partial charge in [-0.1, -0.05) is 6.92 Å². The highest BCUT2D eigenvalue weighted by molar-refractivity contribution is 9.10. The molecule has 0 aliphatic carbocycles. The van der Waals surface area contributed by atoms with Gasteiger partial charge in [0.15, 0.2) is 0 Å². The van der Waals surface area contributed by atoms with E-state index >= 15 is 0 Å². The molecule has 0 radical (unpaired) electrons. The lowest BCUT2D eigenvalue weighted by Crippen LogP contribution is -2.40. The van der Waals surface area contributed by atoms with E-state index in [1.165, 1.54) is 20.3 Å². The van der Waals surface area contributed by atoms with E-state index in [1.807, 2.05) is 0 Å². The van der Waals surface area contributed by atoms with Crippen molar-refractivity contribution in [2.45, 2.75) is 19.4 Å². The van der Waals surface area contributed by atoms with E-state index < -0.39 is 17.9 Å². The van der Waals surface area contributed by atoms with Crippen LogP contribution < -0.4 is 14.8 Å². The lowest BCUT2D eigenvalue weighted by atomic mass is 10.1. The minimum atomic E-state index is -1.08. The number of carboxylic acid groups (broad SMARTS) is 1. The van der Waals surface area contributed by atoms with Crippen molar-refractivity contribution in [1.82, 2.24) is 5.32 Å². The molecule has 0 aliphatic heterocycles. The summed E-state index contributed by atoms with van der Waals surface area (Å²) < 4.78 is 10.8. The Kier molecular flexibility index (Phi) is 5.82. The molecule has 1 aromatic carbocycles.